The highest BCUT2D eigenvalue weighted by Crippen LogP contribution is 2.27. The van der Waals surface area contributed by atoms with Crippen molar-refractivity contribution in [3.63, 3.8) is 0 Å². The van der Waals surface area contributed by atoms with E-state index in [0.29, 0.717) is 36.6 Å². The minimum Gasteiger partial charge on any atom is -0.491 e. The number of rotatable bonds is 7. The Labute approximate surface area is 169 Å². The van der Waals surface area contributed by atoms with Gasteiger partial charge in [0.1, 0.15) is 18.1 Å². The summed E-state index contributed by atoms with van der Waals surface area (Å²) in [7, 11) is 0. The molecule has 1 atom stereocenters. The van der Waals surface area contributed by atoms with Gasteiger partial charge in [-0.05, 0) is 55.2 Å². The average Bonchev–Trinajstić information content (AvgIpc) is 3.25. The summed E-state index contributed by atoms with van der Waals surface area (Å²) >= 11 is 0. The fourth-order valence-electron chi connectivity index (χ4n) is 3.42. The largest absolute Gasteiger partial charge is 0.491 e. The monoisotopic (exact) mass is 396 g/mol. The number of fused-ring (bicyclic) bond motifs is 1. The molecule has 1 unspecified atom stereocenters. The summed E-state index contributed by atoms with van der Waals surface area (Å²) in [6.45, 7) is 1.20. The highest BCUT2D eigenvalue weighted by Gasteiger charge is 2.17. The van der Waals surface area contributed by atoms with E-state index >= 15 is 0 Å². The lowest BCUT2D eigenvalue weighted by atomic mass is 10.0. The van der Waals surface area contributed by atoms with Crippen LogP contribution in [-0.4, -0.2) is 37.7 Å². The van der Waals surface area contributed by atoms with Gasteiger partial charge in [0.05, 0.1) is 6.10 Å². The fraction of sp³-hybridized carbons (Fsp3) is 0.364. The molecule has 0 radical (unpaired) electrons. The van der Waals surface area contributed by atoms with Crippen LogP contribution in [0, 0.1) is 0 Å². The Kier molecular flexibility index (Phi) is 5.95. The van der Waals surface area contributed by atoms with Gasteiger partial charge >= 0.3 is 0 Å². The van der Waals surface area contributed by atoms with Gasteiger partial charge in [0.2, 0.25) is 5.91 Å². The molecule has 2 aliphatic heterocycles. The first-order chi connectivity index (χ1) is 14.2. The van der Waals surface area contributed by atoms with Crippen molar-refractivity contribution in [3.05, 3.63) is 48.0 Å². The molecule has 2 heterocycles. The van der Waals surface area contributed by atoms with Crippen LogP contribution < -0.4 is 20.1 Å². The third kappa shape index (κ3) is 5.26. The topological polar surface area (TPSA) is 85.9 Å². The number of aryl methyl sites for hydroxylation is 1. The first-order valence-corrected chi connectivity index (χ1v) is 9.85. The molecule has 0 aliphatic carbocycles. The Hall–Kier alpha value is -3.06. The predicted octanol–water partition coefficient (Wildman–Crippen LogP) is 3.15. The highest BCUT2D eigenvalue weighted by molar-refractivity contribution is 5.94. The van der Waals surface area contributed by atoms with Crippen LogP contribution in [0.3, 0.4) is 0 Å². The quantitative estimate of drug-likeness (QED) is 0.751. The van der Waals surface area contributed by atoms with Gasteiger partial charge in [0, 0.05) is 30.5 Å². The van der Waals surface area contributed by atoms with Gasteiger partial charge in [-0.1, -0.05) is 6.07 Å². The molecule has 2 aromatic rings. The van der Waals surface area contributed by atoms with Crippen LogP contribution in [0.1, 0.15) is 24.8 Å². The van der Waals surface area contributed by atoms with Crippen LogP contribution in [0.5, 0.6) is 11.5 Å². The minimum atomic E-state index is -0.257. The standard InChI is InChI=1S/C22H24N2O5/c25-21-9-6-15-11-18(7-8-20(15)24-21)29-14-22(26)23-16-3-1-4-17(12-16)28-13-19-5-2-10-27-19/h1,3-4,7-8,11-12,19H,2,5-6,9-10,13-14H2,(H,23,26)(H,24,25). The van der Waals surface area contributed by atoms with E-state index in [1.807, 2.05) is 18.2 Å². The second-order valence-electron chi connectivity index (χ2n) is 7.18. The molecule has 29 heavy (non-hydrogen) atoms. The maximum Gasteiger partial charge on any atom is 0.262 e. The fourth-order valence-corrected chi connectivity index (χ4v) is 3.42. The number of carbonyl (C=O) groups is 2. The molecule has 2 aromatic carbocycles. The van der Waals surface area contributed by atoms with E-state index in [-0.39, 0.29) is 24.5 Å². The summed E-state index contributed by atoms with van der Waals surface area (Å²) in [4.78, 5) is 23.7. The third-order valence-electron chi connectivity index (χ3n) is 4.92. The zero-order valence-corrected chi connectivity index (χ0v) is 16.1. The molecule has 1 fully saturated rings. The van der Waals surface area contributed by atoms with E-state index in [2.05, 4.69) is 10.6 Å². The lowest BCUT2D eigenvalue weighted by Crippen LogP contribution is -2.21. The van der Waals surface area contributed by atoms with Crippen molar-refractivity contribution in [2.45, 2.75) is 31.8 Å². The van der Waals surface area contributed by atoms with Crippen LogP contribution in [-0.2, 0) is 20.7 Å². The number of anilines is 2. The summed E-state index contributed by atoms with van der Waals surface area (Å²) in [6.07, 6.45) is 3.36. The molecule has 0 bridgehead atoms. The number of carbonyl (C=O) groups excluding carboxylic acids is 2. The van der Waals surface area contributed by atoms with E-state index in [4.69, 9.17) is 14.2 Å². The number of nitrogens with one attached hydrogen (secondary N) is 2. The molecule has 152 valence electrons. The van der Waals surface area contributed by atoms with Crippen molar-refractivity contribution in [1.29, 1.82) is 0 Å². The van der Waals surface area contributed by atoms with E-state index in [9.17, 15) is 9.59 Å². The Bertz CT molecular complexity index is 893. The molecule has 2 aliphatic rings. The average molecular weight is 396 g/mol. The van der Waals surface area contributed by atoms with Crippen molar-refractivity contribution in [3.8, 4) is 11.5 Å². The van der Waals surface area contributed by atoms with Gasteiger partial charge in [0.25, 0.3) is 5.91 Å². The third-order valence-corrected chi connectivity index (χ3v) is 4.92. The zero-order valence-electron chi connectivity index (χ0n) is 16.1. The Balaban J connectivity index is 1.27. The summed E-state index contributed by atoms with van der Waals surface area (Å²) < 4.78 is 16.9. The molecular weight excluding hydrogens is 372 g/mol. The van der Waals surface area contributed by atoms with Gasteiger partial charge in [0.15, 0.2) is 6.61 Å². The Morgan fingerprint density at radius 1 is 1.14 bits per heavy atom. The molecule has 2 amide bonds. The van der Waals surface area contributed by atoms with Crippen molar-refractivity contribution in [1.82, 2.24) is 0 Å². The second kappa shape index (κ2) is 8.96. The van der Waals surface area contributed by atoms with E-state index in [0.717, 1.165) is 30.7 Å². The maximum absolute atomic E-state index is 12.2. The molecule has 4 rings (SSSR count). The summed E-state index contributed by atoms with van der Waals surface area (Å²) in [5.41, 5.74) is 2.47. The van der Waals surface area contributed by atoms with Gasteiger partial charge < -0.3 is 24.8 Å². The first-order valence-electron chi connectivity index (χ1n) is 9.85. The lowest BCUT2D eigenvalue weighted by Gasteiger charge is -2.17. The lowest BCUT2D eigenvalue weighted by molar-refractivity contribution is -0.118. The number of amides is 2. The van der Waals surface area contributed by atoms with E-state index < -0.39 is 0 Å². The SMILES string of the molecule is O=C(COc1ccc2c(c1)CCC(=O)N2)Nc1cccc(OCC2CCCO2)c1. The van der Waals surface area contributed by atoms with Crippen LogP contribution in [0.2, 0.25) is 0 Å². The Morgan fingerprint density at radius 3 is 2.90 bits per heavy atom. The molecule has 0 saturated carbocycles. The summed E-state index contributed by atoms with van der Waals surface area (Å²) in [5.74, 6) is 1.06. The molecule has 1 saturated heterocycles. The normalized spacial score (nSPS) is 17.9. The van der Waals surface area contributed by atoms with Gasteiger partial charge in [-0.25, -0.2) is 0 Å². The zero-order chi connectivity index (χ0) is 20.1. The van der Waals surface area contributed by atoms with Gasteiger partial charge in [-0.3, -0.25) is 9.59 Å². The van der Waals surface area contributed by atoms with E-state index in [1.54, 1.807) is 24.3 Å². The number of hydrogen-bond donors (Lipinski definition) is 2. The molecule has 0 spiro atoms. The van der Waals surface area contributed by atoms with E-state index in [1.165, 1.54) is 0 Å². The van der Waals surface area contributed by atoms with Crippen LogP contribution in [0.4, 0.5) is 11.4 Å². The summed E-state index contributed by atoms with van der Waals surface area (Å²) in [6, 6.07) is 12.7. The van der Waals surface area contributed by atoms with Gasteiger partial charge in [-0.15, -0.1) is 0 Å². The highest BCUT2D eigenvalue weighted by atomic mass is 16.5. The van der Waals surface area contributed by atoms with Crippen molar-refractivity contribution < 1.29 is 23.8 Å². The molecule has 2 N–H and O–H groups in total. The molecule has 7 nitrogen and oxygen atoms in total. The smallest absolute Gasteiger partial charge is 0.262 e. The maximum atomic E-state index is 12.2. The van der Waals surface area contributed by atoms with Crippen LogP contribution >= 0.6 is 0 Å². The van der Waals surface area contributed by atoms with Crippen LogP contribution in [0.15, 0.2) is 42.5 Å². The molecule has 7 heteroatoms. The molecule has 0 aromatic heterocycles. The first kappa shape index (κ1) is 19.3. The minimum absolute atomic E-state index is 0.0209. The molecular formula is C22H24N2O5. The van der Waals surface area contributed by atoms with Crippen LogP contribution in [0.25, 0.3) is 0 Å². The Morgan fingerprint density at radius 2 is 2.03 bits per heavy atom. The second-order valence-corrected chi connectivity index (χ2v) is 7.18. The number of ether oxygens (including phenoxy) is 3. The van der Waals surface area contributed by atoms with Gasteiger partial charge in [-0.2, -0.15) is 0 Å². The number of benzene rings is 2. The predicted molar refractivity (Wildman–Crippen MR) is 108 cm³/mol. The van der Waals surface area contributed by atoms with Crippen molar-refractivity contribution >= 4 is 23.2 Å². The van der Waals surface area contributed by atoms with Crippen molar-refractivity contribution in [2.75, 3.05) is 30.5 Å². The number of hydrogen-bond acceptors (Lipinski definition) is 5. The van der Waals surface area contributed by atoms with Crippen molar-refractivity contribution in [2.24, 2.45) is 0 Å². The summed E-state index contributed by atoms with van der Waals surface area (Å²) in [5, 5.41) is 5.64.